The van der Waals surface area contributed by atoms with Gasteiger partial charge in [-0.1, -0.05) is 17.8 Å². The number of rotatable bonds is 10. The Bertz CT molecular complexity index is 2750. The van der Waals surface area contributed by atoms with Crippen molar-refractivity contribution >= 4 is 101 Å². The largest absolute Gasteiger partial charge is 0.506 e. The Labute approximate surface area is 297 Å². The van der Waals surface area contributed by atoms with Gasteiger partial charge in [0.25, 0.3) is 0 Å². The van der Waals surface area contributed by atoms with Gasteiger partial charge in [0, 0.05) is 53.4 Å². The fourth-order valence-electron chi connectivity index (χ4n) is 7.59. The Morgan fingerprint density at radius 3 is 1.76 bits per heavy atom. The van der Waals surface area contributed by atoms with Crippen LogP contribution in [0.4, 0.5) is 0 Å². The molecule has 51 heavy (non-hydrogen) atoms. The van der Waals surface area contributed by atoms with Crippen LogP contribution in [0.25, 0.3) is 53.6 Å². The van der Waals surface area contributed by atoms with E-state index in [9.17, 15) is 44.1 Å². The van der Waals surface area contributed by atoms with Crippen molar-refractivity contribution in [3.63, 3.8) is 0 Å². The molecular formula is C36H28O13S2. The van der Waals surface area contributed by atoms with Gasteiger partial charge in [-0.15, -0.1) is 12.6 Å². The number of fused-ring (bicyclic) bond motifs is 1. The van der Waals surface area contributed by atoms with E-state index < -0.39 is 63.4 Å². The summed E-state index contributed by atoms with van der Waals surface area (Å²) in [5.41, 5.74) is -2.24. The summed E-state index contributed by atoms with van der Waals surface area (Å²) in [6.07, 6.45) is -1.59. The first-order valence-electron chi connectivity index (χ1n) is 15.1. The normalized spacial score (nSPS) is 13.3. The molecule has 0 saturated carbocycles. The van der Waals surface area contributed by atoms with Crippen LogP contribution in [0, 0.1) is 0 Å². The number of carbonyl (C=O) groups excluding carboxylic acids is 1. The molecule has 0 unspecified atom stereocenters. The molecule has 0 fully saturated rings. The van der Waals surface area contributed by atoms with Gasteiger partial charge in [-0.25, -0.2) is 0 Å². The van der Waals surface area contributed by atoms with Gasteiger partial charge >= 0.3 is 11.9 Å². The van der Waals surface area contributed by atoms with Gasteiger partial charge in [0.2, 0.25) is 16.3 Å². The third-order valence-electron chi connectivity index (χ3n) is 9.24. The minimum atomic E-state index is -1.36. The highest BCUT2D eigenvalue weighted by molar-refractivity contribution is 7.90. The monoisotopic (exact) mass is 732 g/mol. The molecule has 262 valence electrons. The van der Waals surface area contributed by atoms with Crippen LogP contribution in [-0.4, -0.2) is 66.3 Å². The number of thiol groups is 1. The first-order chi connectivity index (χ1) is 24.1. The van der Waals surface area contributed by atoms with Crippen LogP contribution >= 0.6 is 24.8 Å². The zero-order valence-electron chi connectivity index (χ0n) is 27.9. The number of aliphatic carboxylic acids is 2. The molecule has 1 aliphatic rings. The first kappa shape index (κ1) is 35.3. The van der Waals surface area contributed by atoms with Gasteiger partial charge in [-0.3, -0.25) is 28.8 Å². The predicted octanol–water partition coefficient (Wildman–Crippen LogP) is 3.34. The molecule has 0 atom stereocenters. The fraction of sp³-hybridized carbons (Fsp3) is 0.250. The number of carboxylic acids is 2. The van der Waals surface area contributed by atoms with E-state index in [1.807, 2.05) is 0 Å². The van der Waals surface area contributed by atoms with Gasteiger partial charge in [0.15, 0.2) is 17.3 Å². The maximum Gasteiger partial charge on any atom is 0.308 e. The molecule has 13 nitrogen and oxygen atoms in total. The number of carbonyl (C=O) groups is 3. The molecule has 0 bridgehead atoms. The second kappa shape index (κ2) is 12.3. The number of hydrogen-bond acceptors (Lipinski definition) is 13. The highest BCUT2D eigenvalue weighted by atomic mass is 32.1. The number of phenols is 1. The van der Waals surface area contributed by atoms with Gasteiger partial charge < -0.3 is 34.3 Å². The number of thiocarbonyl (C=S) groups is 1. The minimum absolute atomic E-state index is 0.00898. The molecule has 6 rings (SSSR count). The van der Waals surface area contributed by atoms with Crippen molar-refractivity contribution in [2.24, 2.45) is 0 Å². The number of hydrogen-bond donors (Lipinski definition) is 4. The van der Waals surface area contributed by atoms with Crippen molar-refractivity contribution in [2.75, 3.05) is 28.4 Å². The number of methoxy groups -OCH3 is 4. The van der Waals surface area contributed by atoms with E-state index in [0.717, 1.165) is 0 Å². The maximum atomic E-state index is 14.6. The predicted molar refractivity (Wildman–Crippen MR) is 196 cm³/mol. The molecular weight excluding hydrogens is 705 g/mol. The molecule has 0 saturated heterocycles. The van der Waals surface area contributed by atoms with Crippen LogP contribution in [0.3, 0.4) is 0 Å². The van der Waals surface area contributed by atoms with E-state index in [1.165, 1.54) is 35.4 Å². The molecule has 1 aliphatic carbocycles. The molecule has 5 aromatic carbocycles. The number of allylic oxidation sites excluding steroid dienone is 2. The number of benzene rings is 5. The lowest BCUT2D eigenvalue weighted by molar-refractivity contribution is -0.136. The lowest BCUT2D eigenvalue weighted by atomic mass is 9.81. The van der Waals surface area contributed by atoms with Crippen molar-refractivity contribution < 1.29 is 48.7 Å². The molecule has 3 N–H and O–H groups in total. The Kier molecular flexibility index (Phi) is 8.55. The summed E-state index contributed by atoms with van der Waals surface area (Å²) in [7, 11) is 4.84. The van der Waals surface area contributed by atoms with Gasteiger partial charge in [-0.2, -0.15) is 0 Å². The molecule has 0 amide bonds. The van der Waals surface area contributed by atoms with Crippen LogP contribution < -0.4 is 40.5 Å². The Balaban J connectivity index is 2.24. The van der Waals surface area contributed by atoms with E-state index in [4.69, 9.17) is 31.2 Å². The standard InChI is InChI=1S/C36H28O13S2/c1-10-7-12-18-21-23-26(25-22(18)27(31(44)33(12)46-3)29(42)19(34(25)47-4)13(50)8-15(38)39)35(48-5)20(14(51)9-16(40)41)30(43)28(23)32(45)36(49-6)24(21)17(10)11(2)37/h43,50H,7-9H2,1-6H3,(H,38,39)(H,40,41)/b19-13-. The highest BCUT2D eigenvalue weighted by Gasteiger charge is 2.38. The molecule has 0 heterocycles. The van der Waals surface area contributed by atoms with Crippen molar-refractivity contribution in [1.82, 2.24) is 0 Å². The van der Waals surface area contributed by atoms with Crippen molar-refractivity contribution in [3.8, 4) is 28.7 Å². The summed E-state index contributed by atoms with van der Waals surface area (Å²) in [6, 6.07) is 0. The summed E-state index contributed by atoms with van der Waals surface area (Å²) in [5, 5.41) is 30.3. The lowest BCUT2D eigenvalue weighted by Crippen LogP contribution is -2.32. The number of ketones is 1. The van der Waals surface area contributed by atoms with Crippen LogP contribution in [0.15, 0.2) is 20.0 Å². The first-order valence-corrected chi connectivity index (χ1v) is 16.0. The number of carboxylic acid groups (broad SMARTS) is 2. The molecule has 5 aromatic rings. The zero-order chi connectivity index (χ0) is 37.5. The van der Waals surface area contributed by atoms with E-state index in [1.54, 1.807) is 6.92 Å². The third-order valence-corrected chi connectivity index (χ3v) is 9.97. The number of ether oxygens (including phenoxy) is 4. The average molecular weight is 733 g/mol. The summed E-state index contributed by atoms with van der Waals surface area (Å²) in [6.45, 7) is 2.93. The molecule has 0 spiro atoms. The summed E-state index contributed by atoms with van der Waals surface area (Å²) in [4.78, 5) is 80.2. The molecule has 0 radical (unpaired) electrons. The Morgan fingerprint density at radius 1 is 0.706 bits per heavy atom. The topological polar surface area (TPSA) is 200 Å². The molecule has 0 aliphatic heterocycles. The maximum absolute atomic E-state index is 14.6. The van der Waals surface area contributed by atoms with Crippen molar-refractivity contribution in [1.29, 1.82) is 0 Å². The van der Waals surface area contributed by atoms with Crippen LogP contribution in [0.5, 0.6) is 28.7 Å². The van der Waals surface area contributed by atoms with Crippen LogP contribution in [-0.2, 0) is 20.8 Å². The second-order valence-electron chi connectivity index (χ2n) is 12.0. The second-order valence-corrected chi connectivity index (χ2v) is 13.0. The van der Waals surface area contributed by atoms with E-state index in [2.05, 4.69) is 12.6 Å². The quantitative estimate of drug-likeness (QED) is 0.0536. The molecule has 15 heteroatoms. The average Bonchev–Trinajstić information content (AvgIpc) is 3.17. The van der Waals surface area contributed by atoms with Crippen LogP contribution in [0.1, 0.15) is 43.4 Å². The lowest BCUT2D eigenvalue weighted by Gasteiger charge is -2.25. The van der Waals surface area contributed by atoms with E-state index in [-0.39, 0.29) is 99.0 Å². The Hall–Kier alpha value is -5.54. The zero-order valence-corrected chi connectivity index (χ0v) is 29.6. The van der Waals surface area contributed by atoms with E-state index >= 15 is 0 Å². The number of Topliss-reactive ketones (excluding diaryl/α,β-unsaturated/α-hetero) is 1. The fourth-order valence-corrected chi connectivity index (χ4v) is 8.24. The third kappa shape index (κ3) is 4.71. The highest BCUT2D eigenvalue weighted by Crippen LogP contribution is 2.55. The number of aromatic hydroxyl groups is 1. The van der Waals surface area contributed by atoms with Gasteiger partial charge in [-0.05, 0) is 25.7 Å². The van der Waals surface area contributed by atoms with Crippen molar-refractivity contribution in [2.45, 2.75) is 33.1 Å². The summed E-state index contributed by atoms with van der Waals surface area (Å²) in [5.74, 6) is -5.00. The SMILES string of the molecule is COc1c2c3c4c(c(OC)c(=O)c5c(=O)/c(=C(/S)CC(=O)O)c(OC)c(c6c(OC)c(C(=S)CC(=O)O)c(O)c(c1=O)c36)c54)CC(C)=C2C(C)=O. The smallest absolute Gasteiger partial charge is 0.308 e. The van der Waals surface area contributed by atoms with Gasteiger partial charge in [0.1, 0.15) is 17.2 Å². The minimum Gasteiger partial charge on any atom is -0.506 e. The van der Waals surface area contributed by atoms with Crippen LogP contribution in [0.2, 0.25) is 0 Å². The van der Waals surface area contributed by atoms with Gasteiger partial charge in [0.05, 0.1) is 62.8 Å². The number of phenolic OH excluding ortho intramolecular Hbond substituents is 1. The Morgan fingerprint density at radius 2 is 1.24 bits per heavy atom. The summed E-state index contributed by atoms with van der Waals surface area (Å²) < 4.78 is 23.1. The summed E-state index contributed by atoms with van der Waals surface area (Å²) >= 11 is 9.86. The molecule has 0 aromatic heterocycles. The van der Waals surface area contributed by atoms with Crippen molar-refractivity contribution in [3.05, 3.63) is 58.2 Å². The van der Waals surface area contributed by atoms with E-state index in [0.29, 0.717) is 5.57 Å².